The molecule has 146 valence electrons. The van der Waals surface area contributed by atoms with Crippen LogP contribution < -0.4 is 21.1 Å². The minimum Gasteiger partial charge on any atom is -0.487 e. The lowest BCUT2D eigenvalue weighted by atomic mass is 9.87. The maximum Gasteiger partial charge on any atom is 0.220 e. The number of hydrogen-bond acceptors (Lipinski definition) is 6. The molecule has 1 fully saturated rings. The first-order chi connectivity index (χ1) is 13.6. The summed E-state index contributed by atoms with van der Waals surface area (Å²) in [5.41, 5.74) is 13.8. The number of nitrogens with two attached hydrogens (primary N) is 2. The molecule has 4 rings (SSSR count). The molecule has 1 aliphatic heterocycles. The summed E-state index contributed by atoms with van der Waals surface area (Å²) in [5, 5.41) is 0.594. The molecule has 7 heteroatoms. The predicted octanol–water partition coefficient (Wildman–Crippen LogP) is 4.03. The maximum absolute atomic E-state index is 6.31. The number of aliphatic imine (C=N–C) groups is 2. The van der Waals surface area contributed by atoms with Crippen molar-refractivity contribution in [3.63, 3.8) is 0 Å². The van der Waals surface area contributed by atoms with Gasteiger partial charge < -0.3 is 16.2 Å². The number of nitrogens with zero attached hydrogens (tertiary/aromatic N) is 3. The molecule has 28 heavy (non-hydrogen) atoms. The van der Waals surface area contributed by atoms with Crippen molar-refractivity contribution in [2.75, 3.05) is 4.90 Å². The van der Waals surface area contributed by atoms with E-state index in [0.29, 0.717) is 23.3 Å². The van der Waals surface area contributed by atoms with E-state index in [2.05, 4.69) is 11.1 Å². The van der Waals surface area contributed by atoms with Crippen LogP contribution in [0.3, 0.4) is 0 Å². The number of anilines is 1. The van der Waals surface area contributed by atoms with Gasteiger partial charge in [0.25, 0.3) is 0 Å². The van der Waals surface area contributed by atoms with Gasteiger partial charge in [0.1, 0.15) is 18.0 Å². The fraction of sp³-hybridized carbons (Fsp3) is 0.333. The van der Waals surface area contributed by atoms with E-state index < -0.39 is 5.66 Å². The third-order valence-electron chi connectivity index (χ3n) is 5.25. The Morgan fingerprint density at radius 1 is 1.04 bits per heavy atom. The summed E-state index contributed by atoms with van der Waals surface area (Å²) in [4.78, 5) is 11.0. The van der Waals surface area contributed by atoms with Crippen molar-refractivity contribution in [3.05, 3.63) is 59.1 Å². The standard InChI is InChI=1S/C21H24ClN5O/c22-17-9-2-3-10-18(17)28-14-15-7-6-8-16(13-15)27-20(24)25-19(23)26-21(27)11-4-1-5-12-21/h2-3,6-10,13H,1,4-5,11-12,14H2,(H4,23,24,25,26). The summed E-state index contributed by atoms with van der Waals surface area (Å²) in [6.45, 7) is 0.404. The largest absolute Gasteiger partial charge is 0.487 e. The van der Waals surface area contributed by atoms with E-state index in [4.69, 9.17) is 32.8 Å². The van der Waals surface area contributed by atoms with E-state index in [1.165, 1.54) is 6.42 Å². The number of benzene rings is 2. The van der Waals surface area contributed by atoms with Crippen molar-refractivity contribution >= 4 is 29.2 Å². The molecule has 0 unspecified atom stereocenters. The van der Waals surface area contributed by atoms with Crippen LogP contribution in [0.2, 0.25) is 5.02 Å². The second-order valence-electron chi connectivity index (χ2n) is 7.21. The van der Waals surface area contributed by atoms with Gasteiger partial charge in [-0.25, -0.2) is 4.99 Å². The summed E-state index contributed by atoms with van der Waals surface area (Å²) in [5.74, 6) is 1.31. The van der Waals surface area contributed by atoms with Crippen molar-refractivity contribution in [3.8, 4) is 5.75 Å². The van der Waals surface area contributed by atoms with Gasteiger partial charge in [-0.15, -0.1) is 0 Å². The van der Waals surface area contributed by atoms with E-state index in [-0.39, 0.29) is 5.96 Å². The van der Waals surface area contributed by atoms with Crippen LogP contribution in [-0.2, 0) is 6.61 Å². The highest BCUT2D eigenvalue weighted by Gasteiger charge is 2.42. The van der Waals surface area contributed by atoms with Crippen LogP contribution in [0.1, 0.15) is 37.7 Å². The summed E-state index contributed by atoms with van der Waals surface area (Å²) >= 11 is 6.18. The third-order valence-corrected chi connectivity index (χ3v) is 5.56. The molecule has 1 aliphatic carbocycles. The Hall–Kier alpha value is -2.73. The molecule has 0 atom stereocenters. The van der Waals surface area contributed by atoms with Gasteiger partial charge in [-0.05, 0) is 55.5 Å². The molecule has 6 nitrogen and oxygen atoms in total. The Morgan fingerprint density at radius 2 is 1.82 bits per heavy atom. The lowest BCUT2D eigenvalue weighted by Gasteiger charge is -2.45. The Labute approximate surface area is 169 Å². The highest BCUT2D eigenvalue weighted by atomic mass is 35.5. The number of ether oxygens (including phenoxy) is 1. The predicted molar refractivity (Wildman–Crippen MR) is 114 cm³/mol. The molecular formula is C21H24ClN5O. The van der Waals surface area contributed by atoms with Gasteiger partial charge in [-0.1, -0.05) is 42.3 Å². The zero-order valence-electron chi connectivity index (χ0n) is 15.6. The van der Waals surface area contributed by atoms with Crippen LogP contribution in [0.25, 0.3) is 0 Å². The first-order valence-corrected chi connectivity index (χ1v) is 9.91. The van der Waals surface area contributed by atoms with Gasteiger partial charge >= 0.3 is 0 Å². The lowest BCUT2D eigenvalue weighted by Crippen LogP contribution is -2.58. The smallest absolute Gasteiger partial charge is 0.220 e. The Morgan fingerprint density at radius 3 is 2.61 bits per heavy atom. The highest BCUT2D eigenvalue weighted by molar-refractivity contribution is 6.32. The first-order valence-electron chi connectivity index (χ1n) is 9.53. The fourth-order valence-corrected chi connectivity index (χ4v) is 4.19. The maximum atomic E-state index is 6.31. The molecule has 2 aromatic rings. The Balaban J connectivity index is 1.60. The third kappa shape index (κ3) is 3.64. The van der Waals surface area contributed by atoms with Gasteiger partial charge in [0.05, 0.1) is 5.02 Å². The zero-order valence-corrected chi connectivity index (χ0v) is 16.4. The molecule has 0 bridgehead atoms. The van der Waals surface area contributed by atoms with Crippen LogP contribution >= 0.6 is 11.6 Å². The van der Waals surface area contributed by atoms with Gasteiger partial charge in [0, 0.05) is 5.69 Å². The number of rotatable bonds is 4. The average molecular weight is 398 g/mol. The van der Waals surface area contributed by atoms with E-state index in [1.54, 1.807) is 0 Å². The second kappa shape index (κ2) is 7.72. The number of halogens is 1. The quantitative estimate of drug-likeness (QED) is 0.815. The number of hydrogen-bond donors (Lipinski definition) is 2. The van der Waals surface area contributed by atoms with E-state index >= 15 is 0 Å². The van der Waals surface area contributed by atoms with Crippen molar-refractivity contribution in [1.29, 1.82) is 0 Å². The summed E-state index contributed by atoms with van der Waals surface area (Å²) in [6.07, 6.45) is 5.20. The molecule has 1 heterocycles. The molecule has 1 spiro atoms. The van der Waals surface area contributed by atoms with Crippen LogP contribution in [0.15, 0.2) is 58.5 Å². The average Bonchev–Trinajstić information content (AvgIpc) is 2.68. The monoisotopic (exact) mass is 397 g/mol. The molecule has 1 saturated carbocycles. The first kappa shape index (κ1) is 18.6. The van der Waals surface area contributed by atoms with E-state index in [0.717, 1.165) is 36.9 Å². The molecule has 0 saturated heterocycles. The normalized spacial score (nSPS) is 18.5. The summed E-state index contributed by atoms with van der Waals surface area (Å²) < 4.78 is 5.89. The van der Waals surface area contributed by atoms with Crippen LogP contribution in [-0.4, -0.2) is 17.6 Å². The van der Waals surface area contributed by atoms with Crippen molar-refractivity contribution < 1.29 is 4.74 Å². The molecule has 0 amide bonds. The molecule has 4 N–H and O–H groups in total. The van der Waals surface area contributed by atoms with Crippen LogP contribution in [0.5, 0.6) is 5.75 Å². The Bertz CT molecular complexity index is 921. The van der Waals surface area contributed by atoms with E-state index in [1.807, 2.05) is 47.4 Å². The molecule has 2 aromatic carbocycles. The number of para-hydroxylation sites is 1. The minimum absolute atomic E-state index is 0.258. The molecular weight excluding hydrogens is 374 g/mol. The van der Waals surface area contributed by atoms with Gasteiger partial charge in [0.2, 0.25) is 11.9 Å². The molecule has 2 aliphatic rings. The topological polar surface area (TPSA) is 89.2 Å². The molecule has 0 radical (unpaired) electrons. The van der Waals surface area contributed by atoms with Gasteiger partial charge in [0.15, 0.2) is 0 Å². The number of guanidine groups is 2. The van der Waals surface area contributed by atoms with Crippen molar-refractivity contribution in [2.24, 2.45) is 21.5 Å². The summed E-state index contributed by atoms with van der Waals surface area (Å²) in [7, 11) is 0. The highest BCUT2D eigenvalue weighted by Crippen LogP contribution is 2.39. The SMILES string of the molecule is NC1=NC2(CCCCC2)N(c2cccc(COc3ccccc3Cl)c2)C(N)=N1. The second-order valence-corrected chi connectivity index (χ2v) is 7.61. The summed E-state index contributed by atoms with van der Waals surface area (Å²) in [6, 6.07) is 15.5. The molecule has 0 aromatic heterocycles. The van der Waals surface area contributed by atoms with E-state index in [9.17, 15) is 0 Å². The van der Waals surface area contributed by atoms with Crippen molar-refractivity contribution in [2.45, 2.75) is 44.4 Å². The Kier molecular flexibility index (Phi) is 5.13. The minimum atomic E-state index is -0.448. The zero-order chi connectivity index (χ0) is 19.6. The lowest BCUT2D eigenvalue weighted by molar-refractivity contribution is 0.302. The van der Waals surface area contributed by atoms with Gasteiger partial charge in [-0.3, -0.25) is 4.90 Å². The van der Waals surface area contributed by atoms with Crippen LogP contribution in [0.4, 0.5) is 5.69 Å². The fourth-order valence-electron chi connectivity index (χ4n) is 4.00. The van der Waals surface area contributed by atoms with Crippen molar-refractivity contribution in [1.82, 2.24) is 0 Å². The van der Waals surface area contributed by atoms with Crippen LogP contribution in [0, 0.1) is 0 Å². The van der Waals surface area contributed by atoms with Gasteiger partial charge in [-0.2, -0.15) is 4.99 Å².